The summed E-state index contributed by atoms with van der Waals surface area (Å²) in [5.41, 5.74) is 7.31. The van der Waals surface area contributed by atoms with Crippen molar-refractivity contribution < 1.29 is 13.2 Å². The van der Waals surface area contributed by atoms with Gasteiger partial charge in [0.25, 0.3) is 0 Å². The van der Waals surface area contributed by atoms with Gasteiger partial charge < -0.3 is 10.5 Å². The molecule has 0 heterocycles. The fraction of sp³-hybridized carbons (Fsp3) is 0.333. The SMILES string of the molecule is COC[C@@]1(N)[C@H](S(=O)(=O)c2ccc(C)cc2)[C@@H]1c1cccc(Cl)c1. The van der Waals surface area contributed by atoms with E-state index in [0.717, 1.165) is 11.1 Å². The predicted molar refractivity (Wildman–Crippen MR) is 95.1 cm³/mol. The van der Waals surface area contributed by atoms with Crippen molar-refractivity contribution in [3.05, 3.63) is 64.7 Å². The fourth-order valence-electron chi connectivity index (χ4n) is 3.37. The molecule has 128 valence electrons. The van der Waals surface area contributed by atoms with Crippen molar-refractivity contribution in [2.75, 3.05) is 13.7 Å². The van der Waals surface area contributed by atoms with Crippen LogP contribution in [-0.4, -0.2) is 32.9 Å². The Morgan fingerprint density at radius 3 is 2.46 bits per heavy atom. The highest BCUT2D eigenvalue weighted by atomic mass is 35.5. The molecule has 0 unspecified atom stereocenters. The average molecular weight is 366 g/mol. The molecule has 2 aromatic carbocycles. The number of halogens is 1. The van der Waals surface area contributed by atoms with Crippen LogP contribution in [0.3, 0.4) is 0 Å². The Balaban J connectivity index is 2.03. The topological polar surface area (TPSA) is 69.4 Å². The number of methoxy groups -OCH3 is 1. The second-order valence-electron chi connectivity index (χ2n) is 6.36. The summed E-state index contributed by atoms with van der Waals surface area (Å²) in [4.78, 5) is 0.286. The molecule has 4 nitrogen and oxygen atoms in total. The van der Waals surface area contributed by atoms with Crippen molar-refractivity contribution in [1.29, 1.82) is 0 Å². The zero-order valence-electron chi connectivity index (χ0n) is 13.6. The molecule has 0 amide bonds. The van der Waals surface area contributed by atoms with Gasteiger partial charge >= 0.3 is 0 Å². The van der Waals surface area contributed by atoms with E-state index in [1.54, 1.807) is 42.5 Å². The highest BCUT2D eigenvalue weighted by Gasteiger charge is 2.69. The van der Waals surface area contributed by atoms with Gasteiger partial charge in [-0.1, -0.05) is 41.4 Å². The van der Waals surface area contributed by atoms with Gasteiger partial charge in [-0.05, 0) is 36.8 Å². The first kappa shape index (κ1) is 17.4. The fourth-order valence-corrected chi connectivity index (χ4v) is 5.86. The second-order valence-corrected chi connectivity index (χ2v) is 8.86. The summed E-state index contributed by atoms with van der Waals surface area (Å²) in [5, 5.41) is -0.170. The minimum Gasteiger partial charge on any atom is -0.383 e. The first-order valence-electron chi connectivity index (χ1n) is 7.64. The molecule has 0 bridgehead atoms. The van der Waals surface area contributed by atoms with Crippen LogP contribution in [0.4, 0.5) is 0 Å². The van der Waals surface area contributed by atoms with Crippen molar-refractivity contribution in [3.63, 3.8) is 0 Å². The zero-order valence-corrected chi connectivity index (χ0v) is 15.1. The van der Waals surface area contributed by atoms with E-state index in [1.807, 2.05) is 13.0 Å². The number of hydrogen-bond donors (Lipinski definition) is 1. The zero-order chi connectivity index (χ0) is 17.5. The molecule has 24 heavy (non-hydrogen) atoms. The van der Waals surface area contributed by atoms with Crippen molar-refractivity contribution >= 4 is 21.4 Å². The van der Waals surface area contributed by atoms with Crippen molar-refractivity contribution in [3.8, 4) is 0 Å². The van der Waals surface area contributed by atoms with Gasteiger partial charge in [0.1, 0.15) is 0 Å². The molecule has 2 aromatic rings. The third-order valence-corrected chi connectivity index (χ3v) is 7.13. The molecule has 0 saturated heterocycles. The summed E-state index contributed by atoms with van der Waals surface area (Å²) in [6, 6.07) is 14.0. The molecule has 3 rings (SSSR count). The second kappa shape index (κ2) is 6.15. The summed E-state index contributed by atoms with van der Waals surface area (Å²) in [5.74, 6) is -0.345. The molecule has 0 spiro atoms. The number of ether oxygens (including phenoxy) is 1. The minimum absolute atomic E-state index is 0.167. The van der Waals surface area contributed by atoms with Crippen molar-refractivity contribution in [2.24, 2.45) is 5.73 Å². The Kier molecular flexibility index (Phi) is 4.47. The number of rotatable bonds is 5. The standard InChI is InChI=1S/C18H20ClNO3S/c1-12-6-8-15(9-7-12)24(21,22)17-16(18(17,20)11-23-2)13-4-3-5-14(19)10-13/h3-10,16-17H,11,20H2,1-2H3/t16-,17+,18-/m0/s1. The normalized spacial score (nSPS) is 26.3. The lowest BCUT2D eigenvalue weighted by atomic mass is 10.1. The molecule has 1 aliphatic carbocycles. The molecule has 1 fully saturated rings. The van der Waals surface area contributed by atoms with Crippen LogP contribution in [0, 0.1) is 6.92 Å². The molecule has 0 aliphatic heterocycles. The Morgan fingerprint density at radius 2 is 1.88 bits per heavy atom. The molecule has 0 radical (unpaired) electrons. The van der Waals surface area contributed by atoms with E-state index in [0.29, 0.717) is 5.02 Å². The number of nitrogens with two attached hydrogens (primary N) is 1. The van der Waals surface area contributed by atoms with E-state index in [2.05, 4.69) is 0 Å². The first-order chi connectivity index (χ1) is 11.3. The molecule has 3 atom stereocenters. The maximum Gasteiger partial charge on any atom is 0.183 e. The number of aryl methyl sites for hydroxylation is 1. The largest absolute Gasteiger partial charge is 0.383 e. The van der Waals surface area contributed by atoms with E-state index in [-0.39, 0.29) is 17.4 Å². The molecule has 6 heteroatoms. The highest BCUT2D eigenvalue weighted by molar-refractivity contribution is 7.92. The third-order valence-electron chi connectivity index (χ3n) is 4.59. The van der Waals surface area contributed by atoms with Gasteiger partial charge in [0, 0.05) is 18.1 Å². The molecule has 1 saturated carbocycles. The lowest BCUT2D eigenvalue weighted by Gasteiger charge is -2.11. The number of benzene rings is 2. The van der Waals surface area contributed by atoms with Crippen LogP contribution in [0.1, 0.15) is 17.0 Å². The van der Waals surface area contributed by atoms with E-state index in [9.17, 15) is 8.42 Å². The summed E-state index contributed by atoms with van der Waals surface area (Å²) in [7, 11) is -2.05. The highest BCUT2D eigenvalue weighted by Crippen LogP contribution is 2.56. The maximum absolute atomic E-state index is 13.1. The van der Waals surface area contributed by atoms with Crippen LogP contribution in [0.5, 0.6) is 0 Å². The minimum atomic E-state index is -3.57. The Morgan fingerprint density at radius 1 is 1.21 bits per heavy atom. The van der Waals surface area contributed by atoms with Gasteiger partial charge in [-0.15, -0.1) is 0 Å². The van der Waals surface area contributed by atoms with Gasteiger partial charge in [-0.2, -0.15) is 0 Å². The van der Waals surface area contributed by atoms with Gasteiger partial charge in [0.15, 0.2) is 9.84 Å². The van der Waals surface area contributed by atoms with E-state index >= 15 is 0 Å². The monoisotopic (exact) mass is 365 g/mol. The van der Waals surface area contributed by atoms with E-state index in [1.165, 1.54) is 7.11 Å². The van der Waals surface area contributed by atoms with Gasteiger partial charge in [0.05, 0.1) is 22.3 Å². The molecular weight excluding hydrogens is 346 g/mol. The number of hydrogen-bond acceptors (Lipinski definition) is 4. The summed E-state index contributed by atoms with van der Waals surface area (Å²) < 4.78 is 31.4. The van der Waals surface area contributed by atoms with E-state index in [4.69, 9.17) is 22.1 Å². The van der Waals surface area contributed by atoms with Crippen LogP contribution >= 0.6 is 11.6 Å². The van der Waals surface area contributed by atoms with Crippen LogP contribution in [-0.2, 0) is 14.6 Å². The molecule has 0 aromatic heterocycles. The number of sulfone groups is 1. The smallest absolute Gasteiger partial charge is 0.183 e. The quantitative estimate of drug-likeness (QED) is 0.884. The predicted octanol–water partition coefficient (Wildman–Crippen LogP) is 2.93. The van der Waals surface area contributed by atoms with Gasteiger partial charge in [-0.3, -0.25) is 0 Å². The van der Waals surface area contributed by atoms with Crippen LogP contribution in [0.2, 0.25) is 5.02 Å². The van der Waals surface area contributed by atoms with E-state index < -0.39 is 20.6 Å². The summed E-state index contributed by atoms with van der Waals surface area (Å²) >= 11 is 6.06. The lowest BCUT2D eigenvalue weighted by molar-refractivity contribution is 0.171. The Hall–Kier alpha value is -1.40. The molecular formula is C18H20ClNO3S. The maximum atomic E-state index is 13.1. The van der Waals surface area contributed by atoms with Crippen molar-refractivity contribution in [1.82, 2.24) is 0 Å². The average Bonchev–Trinajstić information content (AvgIpc) is 3.14. The lowest BCUT2D eigenvalue weighted by Crippen LogP contribution is -2.35. The first-order valence-corrected chi connectivity index (χ1v) is 9.57. The van der Waals surface area contributed by atoms with Crippen LogP contribution in [0.15, 0.2) is 53.4 Å². The third kappa shape index (κ3) is 2.86. The molecule has 1 aliphatic rings. The Bertz CT molecular complexity index is 851. The van der Waals surface area contributed by atoms with Gasteiger partial charge in [0.2, 0.25) is 0 Å². The summed E-state index contributed by atoms with van der Waals surface area (Å²) in [6.45, 7) is 2.08. The summed E-state index contributed by atoms with van der Waals surface area (Å²) in [6.07, 6.45) is 0. The molecule has 2 N–H and O–H groups in total. The van der Waals surface area contributed by atoms with Gasteiger partial charge in [-0.25, -0.2) is 8.42 Å². The van der Waals surface area contributed by atoms with Crippen LogP contribution in [0.25, 0.3) is 0 Å². The van der Waals surface area contributed by atoms with Crippen molar-refractivity contribution in [2.45, 2.75) is 28.5 Å². The Labute approximate surface area is 147 Å². The van der Waals surface area contributed by atoms with Crippen LogP contribution < -0.4 is 5.73 Å².